The second-order valence-electron chi connectivity index (χ2n) is 4.27. The lowest BCUT2D eigenvalue weighted by atomic mass is 9.95. The lowest BCUT2D eigenvalue weighted by Gasteiger charge is -2.22. The first kappa shape index (κ1) is 10.9. The lowest BCUT2D eigenvalue weighted by Crippen LogP contribution is -2.36. The average Bonchev–Trinajstić information content (AvgIpc) is 2.79. The molecule has 0 atom stereocenters. The van der Waals surface area contributed by atoms with Crippen molar-refractivity contribution in [2.24, 2.45) is 0 Å². The van der Waals surface area contributed by atoms with Crippen LogP contribution in [0.3, 0.4) is 0 Å². The minimum atomic E-state index is -0.111. The fourth-order valence-electron chi connectivity index (χ4n) is 2.12. The molecule has 1 aromatic heterocycles. The Morgan fingerprint density at radius 2 is 2.12 bits per heavy atom. The van der Waals surface area contributed by atoms with Gasteiger partial charge in [0.15, 0.2) is 6.29 Å². The number of carbonyl (C=O) groups is 2. The highest BCUT2D eigenvalue weighted by atomic mass is 16.2. The molecule has 1 heterocycles. The molecule has 0 bridgehead atoms. The van der Waals surface area contributed by atoms with E-state index in [0.717, 1.165) is 19.1 Å². The summed E-state index contributed by atoms with van der Waals surface area (Å²) in [5.74, 6) is -0.111. The van der Waals surface area contributed by atoms with E-state index in [4.69, 9.17) is 0 Å². The Labute approximate surface area is 94.4 Å². The Balaban J connectivity index is 1.93. The van der Waals surface area contributed by atoms with E-state index in [9.17, 15) is 9.59 Å². The molecular formula is C12H16N2O2. The third-order valence-electron chi connectivity index (χ3n) is 3.03. The van der Waals surface area contributed by atoms with Gasteiger partial charge in [-0.25, -0.2) is 0 Å². The fraction of sp³-hybridized carbons (Fsp3) is 0.500. The smallest absolute Gasteiger partial charge is 0.267 e. The topological polar surface area (TPSA) is 62.0 Å². The van der Waals surface area contributed by atoms with E-state index in [2.05, 4.69) is 10.3 Å². The third kappa shape index (κ3) is 2.51. The summed E-state index contributed by atoms with van der Waals surface area (Å²) in [6.07, 6.45) is 8.05. The number of aromatic nitrogens is 1. The number of rotatable bonds is 3. The van der Waals surface area contributed by atoms with Crippen molar-refractivity contribution in [2.45, 2.75) is 38.1 Å². The number of carbonyl (C=O) groups excluding carboxylic acids is 2. The SMILES string of the molecule is O=Cc1c[nH]c(C(=O)NC2CCCCC2)c1. The van der Waals surface area contributed by atoms with E-state index in [-0.39, 0.29) is 5.91 Å². The molecule has 2 N–H and O–H groups in total. The summed E-state index contributed by atoms with van der Waals surface area (Å²) in [4.78, 5) is 25.1. The first-order chi connectivity index (χ1) is 7.79. The van der Waals surface area contributed by atoms with Crippen LogP contribution in [0.4, 0.5) is 0 Å². The highest BCUT2D eigenvalue weighted by Crippen LogP contribution is 2.17. The van der Waals surface area contributed by atoms with Gasteiger partial charge < -0.3 is 10.3 Å². The van der Waals surface area contributed by atoms with Crippen molar-refractivity contribution >= 4 is 12.2 Å². The Morgan fingerprint density at radius 1 is 1.38 bits per heavy atom. The average molecular weight is 220 g/mol. The predicted molar refractivity (Wildman–Crippen MR) is 60.5 cm³/mol. The third-order valence-corrected chi connectivity index (χ3v) is 3.03. The maximum Gasteiger partial charge on any atom is 0.267 e. The van der Waals surface area contributed by atoms with Gasteiger partial charge in [-0.05, 0) is 18.9 Å². The maximum absolute atomic E-state index is 11.8. The van der Waals surface area contributed by atoms with Crippen LogP contribution in [-0.4, -0.2) is 23.2 Å². The van der Waals surface area contributed by atoms with E-state index < -0.39 is 0 Å². The van der Waals surface area contributed by atoms with Gasteiger partial charge in [0, 0.05) is 17.8 Å². The van der Waals surface area contributed by atoms with Gasteiger partial charge in [0.1, 0.15) is 5.69 Å². The number of amides is 1. The molecule has 86 valence electrons. The number of nitrogens with one attached hydrogen (secondary N) is 2. The first-order valence-corrected chi connectivity index (χ1v) is 5.74. The molecular weight excluding hydrogens is 204 g/mol. The summed E-state index contributed by atoms with van der Waals surface area (Å²) in [6, 6.07) is 1.87. The van der Waals surface area contributed by atoms with Crippen molar-refractivity contribution in [1.29, 1.82) is 0 Å². The zero-order valence-electron chi connectivity index (χ0n) is 9.16. The van der Waals surface area contributed by atoms with E-state index in [1.807, 2.05) is 0 Å². The summed E-state index contributed by atoms with van der Waals surface area (Å²) in [5, 5.41) is 2.99. The standard InChI is InChI=1S/C12H16N2O2/c15-8-9-6-11(13-7-9)12(16)14-10-4-2-1-3-5-10/h6-8,10,13H,1-5H2,(H,14,16). The second kappa shape index (κ2) is 4.96. The van der Waals surface area contributed by atoms with Crippen molar-refractivity contribution in [3.05, 3.63) is 23.5 Å². The Bertz CT molecular complexity index is 378. The molecule has 0 saturated heterocycles. The minimum Gasteiger partial charge on any atom is -0.357 e. The number of aromatic amines is 1. The predicted octanol–water partition coefficient (Wildman–Crippen LogP) is 1.89. The highest BCUT2D eigenvalue weighted by molar-refractivity contribution is 5.94. The lowest BCUT2D eigenvalue weighted by molar-refractivity contribution is 0.0923. The van der Waals surface area contributed by atoms with Gasteiger partial charge in [0.05, 0.1) is 0 Å². The Morgan fingerprint density at radius 3 is 2.75 bits per heavy atom. The van der Waals surface area contributed by atoms with E-state index >= 15 is 0 Å². The summed E-state index contributed by atoms with van der Waals surface area (Å²) in [5.41, 5.74) is 0.974. The Kier molecular flexibility index (Phi) is 3.39. The van der Waals surface area contributed by atoms with Crippen molar-refractivity contribution < 1.29 is 9.59 Å². The van der Waals surface area contributed by atoms with E-state index in [1.54, 1.807) is 12.3 Å². The van der Waals surface area contributed by atoms with Crippen LogP contribution in [0, 0.1) is 0 Å². The molecule has 1 amide bonds. The fourth-order valence-corrected chi connectivity index (χ4v) is 2.12. The molecule has 4 heteroatoms. The van der Waals surface area contributed by atoms with Gasteiger partial charge in [-0.2, -0.15) is 0 Å². The molecule has 1 aromatic rings. The van der Waals surface area contributed by atoms with E-state index in [0.29, 0.717) is 17.3 Å². The number of H-pyrrole nitrogens is 1. The molecule has 1 aliphatic rings. The Hall–Kier alpha value is -1.58. The van der Waals surface area contributed by atoms with Crippen LogP contribution >= 0.6 is 0 Å². The number of aldehydes is 1. The quantitative estimate of drug-likeness (QED) is 0.764. The summed E-state index contributed by atoms with van der Waals surface area (Å²) >= 11 is 0. The van der Waals surface area contributed by atoms with Crippen molar-refractivity contribution in [2.75, 3.05) is 0 Å². The molecule has 1 aliphatic carbocycles. The molecule has 4 nitrogen and oxygen atoms in total. The van der Waals surface area contributed by atoms with Crippen molar-refractivity contribution in [3.63, 3.8) is 0 Å². The zero-order chi connectivity index (χ0) is 11.4. The molecule has 0 radical (unpaired) electrons. The van der Waals surface area contributed by atoms with Crippen LogP contribution in [0.25, 0.3) is 0 Å². The van der Waals surface area contributed by atoms with Gasteiger partial charge >= 0.3 is 0 Å². The van der Waals surface area contributed by atoms with Crippen molar-refractivity contribution in [1.82, 2.24) is 10.3 Å². The molecule has 1 fully saturated rings. The van der Waals surface area contributed by atoms with Crippen LogP contribution in [0.2, 0.25) is 0 Å². The second-order valence-corrected chi connectivity index (χ2v) is 4.27. The van der Waals surface area contributed by atoms with Crippen LogP contribution in [0.1, 0.15) is 53.0 Å². The molecule has 0 unspecified atom stereocenters. The van der Waals surface area contributed by atoms with Crippen LogP contribution in [-0.2, 0) is 0 Å². The van der Waals surface area contributed by atoms with Crippen molar-refractivity contribution in [3.8, 4) is 0 Å². The van der Waals surface area contributed by atoms with Gasteiger partial charge in [-0.1, -0.05) is 19.3 Å². The summed E-state index contributed by atoms with van der Waals surface area (Å²) < 4.78 is 0. The molecule has 0 aliphatic heterocycles. The monoisotopic (exact) mass is 220 g/mol. The number of hydrogen-bond donors (Lipinski definition) is 2. The van der Waals surface area contributed by atoms with Crippen LogP contribution in [0.15, 0.2) is 12.3 Å². The molecule has 2 rings (SSSR count). The zero-order valence-corrected chi connectivity index (χ0v) is 9.16. The largest absolute Gasteiger partial charge is 0.357 e. The van der Waals surface area contributed by atoms with Gasteiger partial charge in [-0.3, -0.25) is 9.59 Å². The minimum absolute atomic E-state index is 0.111. The molecule has 16 heavy (non-hydrogen) atoms. The maximum atomic E-state index is 11.8. The van der Waals surface area contributed by atoms with Gasteiger partial charge in [0.25, 0.3) is 5.91 Å². The summed E-state index contributed by atoms with van der Waals surface area (Å²) in [7, 11) is 0. The van der Waals surface area contributed by atoms with Crippen LogP contribution in [0.5, 0.6) is 0 Å². The van der Waals surface area contributed by atoms with Gasteiger partial charge in [-0.15, -0.1) is 0 Å². The number of hydrogen-bond acceptors (Lipinski definition) is 2. The van der Waals surface area contributed by atoms with E-state index in [1.165, 1.54) is 19.3 Å². The summed E-state index contributed by atoms with van der Waals surface area (Å²) in [6.45, 7) is 0. The first-order valence-electron chi connectivity index (χ1n) is 5.74. The molecule has 0 spiro atoms. The molecule has 0 aromatic carbocycles. The molecule has 1 saturated carbocycles. The normalized spacial score (nSPS) is 17.0. The van der Waals surface area contributed by atoms with Crippen LogP contribution < -0.4 is 5.32 Å². The highest BCUT2D eigenvalue weighted by Gasteiger charge is 2.17. The van der Waals surface area contributed by atoms with Gasteiger partial charge in [0.2, 0.25) is 0 Å².